The summed E-state index contributed by atoms with van der Waals surface area (Å²) in [7, 11) is 0. The predicted octanol–water partition coefficient (Wildman–Crippen LogP) is 4.32. The Morgan fingerprint density at radius 1 is 1.24 bits per heavy atom. The van der Waals surface area contributed by atoms with Crippen molar-refractivity contribution in [2.24, 2.45) is 5.10 Å². The Balaban J connectivity index is 1.78. The van der Waals surface area contributed by atoms with Gasteiger partial charge in [-0.1, -0.05) is 18.2 Å². The van der Waals surface area contributed by atoms with E-state index in [-0.39, 0.29) is 0 Å². The van der Waals surface area contributed by atoms with Crippen molar-refractivity contribution in [3.63, 3.8) is 0 Å². The van der Waals surface area contributed by atoms with Crippen molar-refractivity contribution >= 4 is 35.5 Å². The molecular formula is C18H21N5S2. The molecule has 0 aliphatic rings. The molecule has 7 heteroatoms. The molecule has 0 atom stereocenters. The third kappa shape index (κ3) is 4.24. The van der Waals surface area contributed by atoms with Gasteiger partial charge >= 0.3 is 0 Å². The molecule has 1 N–H and O–H groups in total. The maximum absolute atomic E-state index is 5.30. The highest BCUT2D eigenvalue weighted by Crippen LogP contribution is 2.15. The van der Waals surface area contributed by atoms with E-state index in [1.54, 1.807) is 16.0 Å². The zero-order chi connectivity index (χ0) is 17.6. The van der Waals surface area contributed by atoms with E-state index < -0.39 is 0 Å². The normalized spacial score (nSPS) is 11.3. The number of aromatic amines is 1. The molecule has 2 heterocycles. The van der Waals surface area contributed by atoms with Gasteiger partial charge in [0.2, 0.25) is 4.77 Å². The van der Waals surface area contributed by atoms with Crippen molar-refractivity contribution in [3.05, 3.63) is 62.8 Å². The topological polar surface area (TPSA) is 49.2 Å². The van der Waals surface area contributed by atoms with E-state index >= 15 is 0 Å². The molecule has 3 rings (SSSR count). The molecule has 0 spiro atoms. The molecule has 0 bridgehead atoms. The molecule has 0 aliphatic carbocycles. The first-order valence-corrected chi connectivity index (χ1v) is 9.58. The van der Waals surface area contributed by atoms with Crippen LogP contribution in [0.25, 0.3) is 0 Å². The summed E-state index contributed by atoms with van der Waals surface area (Å²) in [5.41, 5.74) is 2.25. The zero-order valence-corrected chi connectivity index (χ0v) is 16.0. The van der Waals surface area contributed by atoms with Crippen LogP contribution >= 0.6 is 23.6 Å². The Hall–Kier alpha value is -2.25. The molecule has 0 saturated carbocycles. The molecule has 0 aliphatic heterocycles. The third-order valence-corrected chi connectivity index (χ3v) is 5.11. The number of nitrogens with one attached hydrogen (secondary N) is 1. The minimum absolute atomic E-state index is 0.502. The largest absolute Gasteiger partial charge is 0.372 e. The number of H-pyrrole nitrogens is 1. The number of rotatable bonds is 7. The van der Waals surface area contributed by atoms with E-state index in [2.05, 4.69) is 69.8 Å². The first-order valence-electron chi connectivity index (χ1n) is 8.29. The second-order valence-electron chi connectivity index (χ2n) is 5.52. The predicted molar refractivity (Wildman–Crippen MR) is 108 cm³/mol. The lowest BCUT2D eigenvalue weighted by atomic mass is 10.2. The van der Waals surface area contributed by atoms with E-state index in [1.807, 2.05) is 12.3 Å². The summed E-state index contributed by atoms with van der Waals surface area (Å²) in [6, 6.07) is 12.5. The Morgan fingerprint density at radius 2 is 2.00 bits per heavy atom. The number of aromatic nitrogens is 3. The van der Waals surface area contributed by atoms with Crippen LogP contribution in [0.3, 0.4) is 0 Å². The van der Waals surface area contributed by atoms with Crippen LogP contribution in [0.5, 0.6) is 0 Å². The lowest BCUT2D eigenvalue weighted by Gasteiger charge is -2.20. The van der Waals surface area contributed by atoms with Gasteiger partial charge in [-0.3, -0.25) is 5.10 Å². The minimum Gasteiger partial charge on any atom is -0.372 e. The maximum Gasteiger partial charge on any atom is 0.216 e. The van der Waals surface area contributed by atoms with Gasteiger partial charge in [0.05, 0.1) is 6.21 Å². The summed E-state index contributed by atoms with van der Waals surface area (Å²) in [5.74, 6) is 0.809. The molecule has 1 aromatic carbocycles. The van der Waals surface area contributed by atoms with E-state index in [9.17, 15) is 0 Å². The van der Waals surface area contributed by atoms with Gasteiger partial charge in [0.15, 0.2) is 5.82 Å². The number of benzene rings is 1. The lowest BCUT2D eigenvalue weighted by molar-refractivity contribution is 0.795. The van der Waals surface area contributed by atoms with Gasteiger partial charge in [0.1, 0.15) is 0 Å². The zero-order valence-electron chi connectivity index (χ0n) is 14.3. The van der Waals surface area contributed by atoms with Gasteiger partial charge in [-0.05, 0) is 55.2 Å². The summed E-state index contributed by atoms with van der Waals surface area (Å²) >= 11 is 7.00. The van der Waals surface area contributed by atoms with E-state index in [0.29, 0.717) is 11.2 Å². The number of thiophene rings is 1. The highest BCUT2D eigenvalue weighted by molar-refractivity contribution is 7.71. The first kappa shape index (κ1) is 17.6. The van der Waals surface area contributed by atoms with Gasteiger partial charge in [0, 0.05) is 30.1 Å². The Kier molecular flexibility index (Phi) is 5.78. The van der Waals surface area contributed by atoms with E-state index in [4.69, 9.17) is 12.2 Å². The standard InChI is InChI=1S/C18H21N5S2/c1-3-22(4-2)15-9-7-14(8-10-15)13-19-23-17(20-21-18(23)24)12-16-6-5-11-25-16/h5-11,13H,3-4,12H2,1-2H3,(H,21,24)/b19-13-. The second-order valence-corrected chi connectivity index (χ2v) is 6.94. The summed E-state index contributed by atoms with van der Waals surface area (Å²) in [6.45, 7) is 6.32. The van der Waals surface area contributed by atoms with E-state index in [1.165, 1.54) is 10.6 Å². The van der Waals surface area contributed by atoms with Crippen LogP contribution < -0.4 is 4.90 Å². The summed E-state index contributed by atoms with van der Waals surface area (Å²) in [5, 5.41) is 13.7. The second kappa shape index (κ2) is 8.22. The van der Waals surface area contributed by atoms with Crippen LogP contribution in [0.4, 0.5) is 5.69 Å². The summed E-state index contributed by atoms with van der Waals surface area (Å²) < 4.78 is 2.19. The Labute approximate surface area is 156 Å². The molecule has 0 unspecified atom stereocenters. The Morgan fingerprint density at radius 3 is 2.64 bits per heavy atom. The quantitative estimate of drug-likeness (QED) is 0.497. The first-order chi connectivity index (χ1) is 12.2. The highest BCUT2D eigenvalue weighted by atomic mass is 32.1. The fourth-order valence-corrected chi connectivity index (χ4v) is 3.51. The van der Waals surface area contributed by atoms with Gasteiger partial charge < -0.3 is 4.90 Å². The van der Waals surface area contributed by atoms with Gasteiger partial charge in [-0.25, -0.2) is 0 Å². The van der Waals surface area contributed by atoms with E-state index in [0.717, 1.165) is 24.5 Å². The van der Waals surface area contributed by atoms with Crippen LogP contribution in [0.1, 0.15) is 30.1 Å². The Bertz CT molecular complexity index is 871. The molecule has 2 aromatic heterocycles. The monoisotopic (exact) mass is 371 g/mol. The number of hydrogen-bond acceptors (Lipinski definition) is 5. The number of anilines is 1. The van der Waals surface area contributed by atoms with Gasteiger partial charge in [-0.15, -0.1) is 11.3 Å². The average molecular weight is 372 g/mol. The molecule has 0 radical (unpaired) electrons. The number of hydrogen-bond donors (Lipinski definition) is 1. The molecule has 0 saturated heterocycles. The van der Waals surface area contributed by atoms with Crippen LogP contribution in [0, 0.1) is 4.77 Å². The van der Waals surface area contributed by atoms with Gasteiger partial charge in [-0.2, -0.15) is 14.9 Å². The van der Waals surface area contributed by atoms with Crippen LogP contribution in [0.15, 0.2) is 46.9 Å². The van der Waals surface area contributed by atoms with Crippen LogP contribution in [-0.4, -0.2) is 34.2 Å². The molecule has 3 aromatic rings. The van der Waals surface area contributed by atoms with Crippen LogP contribution in [-0.2, 0) is 6.42 Å². The molecular weight excluding hydrogens is 350 g/mol. The van der Waals surface area contributed by atoms with Crippen molar-refractivity contribution in [1.29, 1.82) is 0 Å². The lowest BCUT2D eigenvalue weighted by Crippen LogP contribution is -2.21. The fourth-order valence-electron chi connectivity index (χ4n) is 2.61. The van der Waals surface area contributed by atoms with Crippen molar-refractivity contribution in [2.75, 3.05) is 18.0 Å². The highest BCUT2D eigenvalue weighted by Gasteiger charge is 2.07. The molecule has 25 heavy (non-hydrogen) atoms. The third-order valence-electron chi connectivity index (χ3n) is 3.97. The van der Waals surface area contributed by atoms with Gasteiger partial charge in [0.25, 0.3) is 0 Å². The van der Waals surface area contributed by atoms with Crippen molar-refractivity contribution < 1.29 is 0 Å². The molecule has 0 amide bonds. The average Bonchev–Trinajstić information content (AvgIpc) is 3.26. The molecule has 5 nitrogen and oxygen atoms in total. The maximum atomic E-state index is 5.30. The molecule has 130 valence electrons. The summed E-state index contributed by atoms with van der Waals surface area (Å²) in [4.78, 5) is 3.54. The summed E-state index contributed by atoms with van der Waals surface area (Å²) in [6.07, 6.45) is 2.53. The fraction of sp³-hybridized carbons (Fsp3) is 0.278. The van der Waals surface area contributed by atoms with Crippen LogP contribution in [0.2, 0.25) is 0 Å². The number of nitrogens with zero attached hydrogens (tertiary/aromatic N) is 4. The van der Waals surface area contributed by atoms with Crippen molar-refractivity contribution in [3.8, 4) is 0 Å². The van der Waals surface area contributed by atoms with Crippen molar-refractivity contribution in [1.82, 2.24) is 14.9 Å². The smallest absolute Gasteiger partial charge is 0.216 e. The SMILES string of the molecule is CCN(CC)c1ccc(/C=N\n2c(Cc3cccs3)n[nH]c2=S)cc1. The van der Waals surface area contributed by atoms with Crippen molar-refractivity contribution in [2.45, 2.75) is 20.3 Å². The minimum atomic E-state index is 0.502. The molecule has 0 fully saturated rings.